The maximum Gasteiger partial charge on any atom is 0.213 e. The van der Waals surface area contributed by atoms with Crippen molar-refractivity contribution in [3.63, 3.8) is 0 Å². The number of hydrogen-bond donors (Lipinski definition) is 1. The van der Waals surface area contributed by atoms with E-state index in [0.29, 0.717) is 12.4 Å². The molecule has 0 aliphatic heterocycles. The van der Waals surface area contributed by atoms with Crippen molar-refractivity contribution < 1.29 is 5.11 Å². The maximum absolute atomic E-state index is 10.0. The number of nitrogens with zero attached hydrogens (tertiary/aromatic N) is 2. The van der Waals surface area contributed by atoms with Crippen molar-refractivity contribution >= 4 is 0 Å². The van der Waals surface area contributed by atoms with Crippen molar-refractivity contribution in [1.29, 1.82) is 0 Å². The molecule has 0 spiro atoms. The van der Waals surface area contributed by atoms with Crippen molar-refractivity contribution in [1.82, 2.24) is 9.78 Å². The van der Waals surface area contributed by atoms with Crippen LogP contribution in [0.1, 0.15) is 25.0 Å². The van der Waals surface area contributed by atoms with Crippen molar-refractivity contribution in [2.24, 2.45) is 0 Å². The number of aromatic hydroxyl groups is 1. The van der Waals surface area contributed by atoms with Crippen LogP contribution in [0.15, 0.2) is 24.3 Å². The van der Waals surface area contributed by atoms with Crippen LogP contribution < -0.4 is 0 Å². The Morgan fingerprint density at radius 3 is 2.65 bits per heavy atom. The predicted molar refractivity (Wildman–Crippen MR) is 69.1 cm³/mol. The topological polar surface area (TPSA) is 38.0 Å². The highest BCUT2D eigenvalue weighted by Gasteiger charge is 2.16. The summed E-state index contributed by atoms with van der Waals surface area (Å²) in [5, 5.41) is 14.5. The van der Waals surface area contributed by atoms with Gasteiger partial charge in [-0.2, -0.15) is 5.10 Å². The molecule has 2 rings (SSSR count). The van der Waals surface area contributed by atoms with Crippen molar-refractivity contribution in [3.8, 4) is 17.1 Å². The molecule has 3 nitrogen and oxygen atoms in total. The molecule has 1 aromatic heterocycles. The van der Waals surface area contributed by atoms with Crippen LogP contribution in [-0.4, -0.2) is 14.9 Å². The largest absolute Gasteiger partial charge is 0.493 e. The Bertz CT molecular complexity index is 529. The van der Waals surface area contributed by atoms with Gasteiger partial charge in [0.25, 0.3) is 0 Å². The molecule has 0 radical (unpaired) electrons. The van der Waals surface area contributed by atoms with Gasteiger partial charge in [0, 0.05) is 17.7 Å². The van der Waals surface area contributed by atoms with Gasteiger partial charge in [-0.15, -0.1) is 0 Å². The minimum absolute atomic E-state index is 0.298. The SMILES string of the molecule is CCc1c(-c2cccc(C)c2)nn(CC)c1O. The van der Waals surface area contributed by atoms with Gasteiger partial charge in [0.05, 0.1) is 5.69 Å². The molecule has 1 heterocycles. The standard InChI is InChI=1S/C14H18N2O/c1-4-12-13(15-16(5-2)14(12)17)11-8-6-7-10(3)9-11/h6-9,17H,4-5H2,1-3H3. The van der Waals surface area contributed by atoms with Crippen LogP contribution in [0.2, 0.25) is 0 Å². The summed E-state index contributed by atoms with van der Waals surface area (Å²) in [4.78, 5) is 0. The third kappa shape index (κ3) is 2.05. The van der Waals surface area contributed by atoms with Gasteiger partial charge in [0.2, 0.25) is 5.88 Å². The molecule has 0 fully saturated rings. The second kappa shape index (κ2) is 4.62. The first kappa shape index (κ1) is 11.7. The first-order valence-corrected chi connectivity index (χ1v) is 6.03. The number of aryl methyl sites for hydroxylation is 2. The van der Waals surface area contributed by atoms with E-state index in [0.717, 1.165) is 23.2 Å². The van der Waals surface area contributed by atoms with Crippen LogP contribution in [0.5, 0.6) is 5.88 Å². The maximum atomic E-state index is 10.0. The third-order valence-electron chi connectivity index (χ3n) is 2.97. The summed E-state index contributed by atoms with van der Waals surface area (Å²) >= 11 is 0. The Labute approximate surface area is 102 Å². The first-order chi connectivity index (χ1) is 8.17. The molecule has 0 amide bonds. The van der Waals surface area contributed by atoms with Crippen molar-refractivity contribution in [2.45, 2.75) is 33.7 Å². The average Bonchev–Trinajstić information content (AvgIpc) is 2.65. The summed E-state index contributed by atoms with van der Waals surface area (Å²) in [6.45, 7) is 6.76. The predicted octanol–water partition coefficient (Wildman–Crippen LogP) is 3.15. The summed E-state index contributed by atoms with van der Waals surface area (Å²) in [5.74, 6) is 0.298. The molecular weight excluding hydrogens is 212 g/mol. The second-order valence-electron chi connectivity index (χ2n) is 4.19. The summed E-state index contributed by atoms with van der Waals surface area (Å²) < 4.78 is 1.65. The molecule has 0 bridgehead atoms. The lowest BCUT2D eigenvalue weighted by molar-refractivity contribution is 0.401. The van der Waals surface area contributed by atoms with E-state index in [2.05, 4.69) is 24.2 Å². The second-order valence-corrected chi connectivity index (χ2v) is 4.19. The number of aromatic nitrogens is 2. The summed E-state index contributed by atoms with van der Waals surface area (Å²) in [7, 11) is 0. The minimum Gasteiger partial charge on any atom is -0.493 e. The fourth-order valence-corrected chi connectivity index (χ4v) is 2.06. The van der Waals surface area contributed by atoms with E-state index in [1.54, 1.807) is 4.68 Å². The molecule has 3 heteroatoms. The molecule has 0 aliphatic rings. The smallest absolute Gasteiger partial charge is 0.213 e. The molecule has 0 unspecified atom stereocenters. The third-order valence-corrected chi connectivity index (χ3v) is 2.97. The van der Waals surface area contributed by atoms with Crippen LogP contribution in [0.3, 0.4) is 0 Å². The summed E-state index contributed by atoms with van der Waals surface area (Å²) in [6.07, 6.45) is 0.787. The zero-order chi connectivity index (χ0) is 12.4. The quantitative estimate of drug-likeness (QED) is 0.879. The molecule has 0 aliphatic carbocycles. The van der Waals surface area contributed by atoms with Crippen LogP contribution in [-0.2, 0) is 13.0 Å². The van der Waals surface area contributed by atoms with Crippen LogP contribution in [0.25, 0.3) is 11.3 Å². The molecular formula is C14H18N2O. The van der Waals surface area contributed by atoms with E-state index in [9.17, 15) is 5.11 Å². The lowest BCUT2D eigenvalue weighted by Gasteiger charge is -2.01. The van der Waals surface area contributed by atoms with E-state index >= 15 is 0 Å². The van der Waals surface area contributed by atoms with E-state index in [4.69, 9.17) is 0 Å². The minimum atomic E-state index is 0.298. The molecule has 1 aromatic carbocycles. The van der Waals surface area contributed by atoms with Crippen LogP contribution in [0.4, 0.5) is 0 Å². The van der Waals surface area contributed by atoms with Crippen LogP contribution in [0, 0.1) is 6.92 Å². The van der Waals surface area contributed by atoms with Crippen LogP contribution >= 0.6 is 0 Å². The molecule has 2 aromatic rings. The normalized spacial score (nSPS) is 10.8. The Morgan fingerprint density at radius 2 is 2.06 bits per heavy atom. The van der Waals surface area contributed by atoms with E-state index in [-0.39, 0.29) is 0 Å². The van der Waals surface area contributed by atoms with Gasteiger partial charge in [-0.1, -0.05) is 30.7 Å². The molecule has 1 N–H and O–H groups in total. The fraction of sp³-hybridized carbons (Fsp3) is 0.357. The zero-order valence-electron chi connectivity index (χ0n) is 10.6. The van der Waals surface area contributed by atoms with Gasteiger partial charge in [-0.05, 0) is 26.3 Å². The highest BCUT2D eigenvalue weighted by atomic mass is 16.3. The average molecular weight is 230 g/mol. The van der Waals surface area contributed by atoms with Gasteiger partial charge in [0.15, 0.2) is 0 Å². The number of hydrogen-bond acceptors (Lipinski definition) is 2. The Kier molecular flexibility index (Phi) is 3.18. The zero-order valence-corrected chi connectivity index (χ0v) is 10.6. The number of benzene rings is 1. The van der Waals surface area contributed by atoms with Gasteiger partial charge in [-0.3, -0.25) is 0 Å². The van der Waals surface area contributed by atoms with Gasteiger partial charge in [-0.25, -0.2) is 4.68 Å². The van der Waals surface area contributed by atoms with Crippen molar-refractivity contribution in [3.05, 3.63) is 35.4 Å². The Morgan fingerprint density at radius 1 is 1.29 bits per heavy atom. The summed E-state index contributed by atoms with van der Waals surface area (Å²) in [5.41, 5.74) is 4.10. The van der Waals surface area contributed by atoms with Gasteiger partial charge < -0.3 is 5.11 Å². The monoisotopic (exact) mass is 230 g/mol. The fourth-order valence-electron chi connectivity index (χ4n) is 2.06. The van der Waals surface area contributed by atoms with Crippen molar-refractivity contribution in [2.75, 3.05) is 0 Å². The molecule has 17 heavy (non-hydrogen) atoms. The van der Waals surface area contributed by atoms with Gasteiger partial charge in [0.1, 0.15) is 0 Å². The summed E-state index contributed by atoms with van der Waals surface area (Å²) in [6, 6.07) is 8.22. The first-order valence-electron chi connectivity index (χ1n) is 6.03. The lowest BCUT2D eigenvalue weighted by Crippen LogP contribution is -1.95. The molecule has 0 saturated carbocycles. The van der Waals surface area contributed by atoms with E-state index in [1.807, 2.05) is 26.0 Å². The molecule has 0 saturated heterocycles. The highest BCUT2D eigenvalue weighted by Crippen LogP contribution is 2.30. The Hall–Kier alpha value is -1.77. The Balaban J connectivity index is 2.58. The van der Waals surface area contributed by atoms with E-state index in [1.165, 1.54) is 5.56 Å². The number of rotatable bonds is 3. The van der Waals surface area contributed by atoms with E-state index < -0.39 is 0 Å². The highest BCUT2D eigenvalue weighted by molar-refractivity contribution is 5.66. The van der Waals surface area contributed by atoms with Gasteiger partial charge >= 0.3 is 0 Å². The molecule has 90 valence electrons. The molecule has 0 atom stereocenters. The lowest BCUT2D eigenvalue weighted by atomic mass is 10.0.